The van der Waals surface area contributed by atoms with Crippen LogP contribution in [0.1, 0.15) is 11.1 Å². The molecule has 0 radical (unpaired) electrons. The van der Waals surface area contributed by atoms with Crippen molar-refractivity contribution in [2.24, 2.45) is 0 Å². The third-order valence-electron chi connectivity index (χ3n) is 4.55. The van der Waals surface area contributed by atoms with Gasteiger partial charge in [0.1, 0.15) is 5.75 Å². The molecular weight excluding hydrogens is 318 g/mol. The maximum Gasteiger partial charge on any atom is 0.173 e. The van der Waals surface area contributed by atoms with E-state index in [0.29, 0.717) is 5.75 Å². The van der Waals surface area contributed by atoms with Crippen LogP contribution in [0.2, 0.25) is 0 Å². The number of piperazine rings is 1. The fraction of sp³-hybridized carbons (Fsp3) is 0.316. The predicted octanol–water partition coefficient (Wildman–Crippen LogP) is 3.53. The Morgan fingerprint density at radius 1 is 1.00 bits per heavy atom. The minimum Gasteiger partial charge on any atom is -0.506 e. The van der Waals surface area contributed by atoms with Crippen LogP contribution in [0.15, 0.2) is 42.5 Å². The molecule has 1 aliphatic rings. The summed E-state index contributed by atoms with van der Waals surface area (Å²) < 4.78 is 0. The Balaban J connectivity index is 1.59. The lowest BCUT2D eigenvalue weighted by atomic mass is 10.1. The molecule has 0 bridgehead atoms. The highest BCUT2D eigenvalue weighted by atomic mass is 32.1. The highest BCUT2D eigenvalue weighted by Gasteiger charge is 2.20. The number of anilines is 2. The van der Waals surface area contributed by atoms with Crippen LogP contribution in [0, 0.1) is 13.8 Å². The Hall–Kier alpha value is -2.27. The third-order valence-corrected chi connectivity index (χ3v) is 4.91. The van der Waals surface area contributed by atoms with Gasteiger partial charge in [0, 0.05) is 31.9 Å². The van der Waals surface area contributed by atoms with Crippen molar-refractivity contribution in [3.05, 3.63) is 53.6 Å². The summed E-state index contributed by atoms with van der Waals surface area (Å²) in [6.07, 6.45) is 0. The van der Waals surface area contributed by atoms with Crippen molar-refractivity contribution in [2.75, 3.05) is 36.4 Å². The summed E-state index contributed by atoms with van der Waals surface area (Å²) >= 11 is 5.56. The molecule has 3 rings (SSSR count). The number of rotatable bonds is 2. The number of phenols is 1. The lowest BCUT2D eigenvalue weighted by Crippen LogP contribution is -2.50. The van der Waals surface area contributed by atoms with Crippen LogP contribution >= 0.6 is 12.2 Å². The van der Waals surface area contributed by atoms with Gasteiger partial charge in [-0.25, -0.2) is 0 Å². The van der Waals surface area contributed by atoms with Crippen molar-refractivity contribution >= 4 is 28.7 Å². The monoisotopic (exact) mass is 341 g/mol. The van der Waals surface area contributed by atoms with Gasteiger partial charge in [-0.15, -0.1) is 0 Å². The van der Waals surface area contributed by atoms with E-state index >= 15 is 0 Å². The van der Waals surface area contributed by atoms with Crippen molar-refractivity contribution in [2.45, 2.75) is 13.8 Å². The number of aryl methyl sites for hydroxylation is 2. The molecule has 126 valence electrons. The summed E-state index contributed by atoms with van der Waals surface area (Å²) in [6.45, 7) is 7.57. The normalized spacial score (nSPS) is 14.6. The molecule has 0 unspecified atom stereocenters. The first-order valence-corrected chi connectivity index (χ1v) is 8.61. The lowest BCUT2D eigenvalue weighted by Gasteiger charge is -2.37. The second-order valence-electron chi connectivity index (χ2n) is 6.19. The van der Waals surface area contributed by atoms with Gasteiger partial charge in [0.15, 0.2) is 5.11 Å². The van der Waals surface area contributed by atoms with Crippen LogP contribution < -0.4 is 10.2 Å². The summed E-state index contributed by atoms with van der Waals surface area (Å²) in [4.78, 5) is 4.38. The molecule has 0 atom stereocenters. The Morgan fingerprint density at radius 3 is 2.38 bits per heavy atom. The van der Waals surface area contributed by atoms with Crippen LogP contribution in [0.25, 0.3) is 0 Å². The zero-order chi connectivity index (χ0) is 17.1. The first-order valence-electron chi connectivity index (χ1n) is 8.21. The van der Waals surface area contributed by atoms with Gasteiger partial charge in [-0.1, -0.05) is 18.2 Å². The van der Waals surface area contributed by atoms with E-state index in [9.17, 15) is 5.11 Å². The van der Waals surface area contributed by atoms with Crippen LogP contribution in [-0.4, -0.2) is 41.3 Å². The van der Waals surface area contributed by atoms with E-state index in [1.165, 1.54) is 11.1 Å². The number of para-hydroxylation sites is 2. The van der Waals surface area contributed by atoms with E-state index in [2.05, 4.69) is 47.2 Å². The molecule has 0 aromatic heterocycles. The number of hydrogen-bond donors (Lipinski definition) is 2. The number of nitrogens with zero attached hydrogens (tertiary/aromatic N) is 2. The Bertz CT molecular complexity index is 739. The molecule has 1 heterocycles. The topological polar surface area (TPSA) is 38.7 Å². The maximum absolute atomic E-state index is 9.99. The molecule has 2 aromatic carbocycles. The van der Waals surface area contributed by atoms with Crippen molar-refractivity contribution < 1.29 is 5.11 Å². The maximum atomic E-state index is 9.99. The van der Waals surface area contributed by atoms with Gasteiger partial charge in [0.25, 0.3) is 0 Å². The van der Waals surface area contributed by atoms with E-state index < -0.39 is 0 Å². The molecule has 1 fully saturated rings. The fourth-order valence-corrected chi connectivity index (χ4v) is 3.20. The molecule has 0 aliphatic carbocycles. The molecule has 1 aliphatic heterocycles. The zero-order valence-electron chi connectivity index (χ0n) is 14.1. The van der Waals surface area contributed by atoms with Gasteiger partial charge in [-0.2, -0.15) is 0 Å². The van der Waals surface area contributed by atoms with Crippen LogP contribution in [0.4, 0.5) is 11.4 Å². The smallest absolute Gasteiger partial charge is 0.173 e. The Labute approximate surface area is 148 Å². The summed E-state index contributed by atoms with van der Waals surface area (Å²) in [6, 6.07) is 13.8. The van der Waals surface area contributed by atoms with Crippen LogP contribution in [0.3, 0.4) is 0 Å². The average molecular weight is 341 g/mol. The van der Waals surface area contributed by atoms with Crippen molar-refractivity contribution in [1.29, 1.82) is 0 Å². The molecule has 0 saturated carbocycles. The number of aromatic hydroxyl groups is 1. The first kappa shape index (κ1) is 16.6. The second-order valence-corrected chi connectivity index (χ2v) is 6.58. The van der Waals surface area contributed by atoms with E-state index in [4.69, 9.17) is 12.2 Å². The molecule has 2 N–H and O–H groups in total. The number of nitrogens with one attached hydrogen (secondary N) is 1. The highest BCUT2D eigenvalue weighted by Crippen LogP contribution is 2.27. The number of thiocarbonyl (C=S) groups is 1. The number of benzene rings is 2. The van der Waals surface area contributed by atoms with Gasteiger partial charge >= 0.3 is 0 Å². The lowest BCUT2D eigenvalue weighted by molar-refractivity contribution is 0.387. The minimum absolute atomic E-state index is 0.335. The van der Waals surface area contributed by atoms with Crippen LogP contribution in [0.5, 0.6) is 5.75 Å². The molecular formula is C19H23N3OS. The first-order chi connectivity index (χ1) is 11.5. The minimum atomic E-state index is 0.335. The molecule has 4 nitrogen and oxygen atoms in total. The molecule has 24 heavy (non-hydrogen) atoms. The average Bonchev–Trinajstić information content (AvgIpc) is 2.59. The molecule has 2 aromatic rings. The van der Waals surface area contributed by atoms with Gasteiger partial charge in [0.2, 0.25) is 0 Å². The SMILES string of the molecule is Cc1ccc(NC(=S)N2CCN(c3ccccc3O)CC2)cc1C. The zero-order valence-corrected chi connectivity index (χ0v) is 14.9. The predicted molar refractivity (Wildman–Crippen MR) is 104 cm³/mol. The fourth-order valence-electron chi connectivity index (χ4n) is 2.90. The summed E-state index contributed by atoms with van der Waals surface area (Å²) in [5.74, 6) is 0.335. The van der Waals surface area contributed by atoms with Gasteiger partial charge < -0.3 is 20.2 Å². The third kappa shape index (κ3) is 3.62. The second kappa shape index (κ2) is 7.09. The van der Waals surface area contributed by atoms with Crippen molar-refractivity contribution in [3.8, 4) is 5.75 Å². The summed E-state index contributed by atoms with van der Waals surface area (Å²) in [5.41, 5.74) is 4.46. The molecule has 5 heteroatoms. The Morgan fingerprint density at radius 2 is 1.71 bits per heavy atom. The van der Waals surface area contributed by atoms with E-state index in [1.807, 2.05) is 18.2 Å². The van der Waals surface area contributed by atoms with Crippen LogP contribution in [-0.2, 0) is 0 Å². The quantitative estimate of drug-likeness (QED) is 0.818. The Kier molecular flexibility index (Phi) is 4.90. The molecule has 0 spiro atoms. The van der Waals surface area contributed by atoms with Gasteiger partial charge in [-0.05, 0) is 61.5 Å². The van der Waals surface area contributed by atoms with Crippen molar-refractivity contribution in [3.63, 3.8) is 0 Å². The molecule has 1 saturated heterocycles. The number of phenolic OH excluding ortho intramolecular Hbond substituents is 1. The summed E-state index contributed by atoms with van der Waals surface area (Å²) in [5, 5.41) is 14.1. The van der Waals surface area contributed by atoms with Gasteiger partial charge in [-0.3, -0.25) is 0 Å². The van der Waals surface area contributed by atoms with Crippen molar-refractivity contribution in [1.82, 2.24) is 4.90 Å². The standard InChI is InChI=1S/C19H23N3OS/c1-14-7-8-16(13-15(14)2)20-19(24)22-11-9-21(10-12-22)17-5-3-4-6-18(17)23/h3-8,13,23H,9-12H2,1-2H3,(H,20,24). The van der Waals surface area contributed by atoms with E-state index in [1.54, 1.807) is 6.07 Å². The largest absolute Gasteiger partial charge is 0.506 e. The highest BCUT2D eigenvalue weighted by molar-refractivity contribution is 7.80. The van der Waals surface area contributed by atoms with Gasteiger partial charge in [0.05, 0.1) is 5.69 Å². The van der Waals surface area contributed by atoms with E-state index in [-0.39, 0.29) is 0 Å². The number of hydrogen-bond acceptors (Lipinski definition) is 3. The summed E-state index contributed by atoms with van der Waals surface area (Å²) in [7, 11) is 0. The van der Waals surface area contributed by atoms with E-state index in [0.717, 1.165) is 42.7 Å². The molecule has 0 amide bonds.